The van der Waals surface area contributed by atoms with Crippen molar-refractivity contribution in [1.29, 1.82) is 0 Å². The van der Waals surface area contributed by atoms with E-state index in [2.05, 4.69) is 23.9 Å². The van der Waals surface area contributed by atoms with Crippen molar-refractivity contribution in [2.75, 3.05) is 19.0 Å². The molecule has 0 saturated heterocycles. The first-order chi connectivity index (χ1) is 5.22. The van der Waals surface area contributed by atoms with Gasteiger partial charge in [0, 0.05) is 24.4 Å². The van der Waals surface area contributed by atoms with Crippen LogP contribution in [0.15, 0.2) is 12.2 Å². The van der Waals surface area contributed by atoms with Crippen LogP contribution in [-0.2, 0) is 9.53 Å². The number of carbonyl (C=O) groups is 1. The number of thiol groups is 1. The molecular formula is C7H12O3S. The molecule has 0 bridgehead atoms. The second kappa shape index (κ2) is 6.24. The van der Waals surface area contributed by atoms with Gasteiger partial charge >= 0.3 is 5.97 Å². The summed E-state index contributed by atoms with van der Waals surface area (Å²) in [6.45, 7) is 3.71. The van der Waals surface area contributed by atoms with E-state index in [1.54, 1.807) is 0 Å². The summed E-state index contributed by atoms with van der Waals surface area (Å²) in [5.74, 6) is -0.133. The van der Waals surface area contributed by atoms with Crippen molar-refractivity contribution in [2.45, 2.75) is 6.42 Å². The van der Waals surface area contributed by atoms with E-state index in [9.17, 15) is 4.79 Å². The van der Waals surface area contributed by atoms with Crippen LogP contribution in [0.25, 0.3) is 0 Å². The number of aliphatic hydroxyl groups excluding tert-OH is 1. The highest BCUT2D eigenvalue weighted by atomic mass is 32.1. The van der Waals surface area contributed by atoms with Gasteiger partial charge in [-0.2, -0.15) is 12.6 Å². The molecule has 0 radical (unpaired) electrons. The molecule has 0 aliphatic rings. The average molecular weight is 176 g/mol. The molecule has 0 heterocycles. The van der Waals surface area contributed by atoms with Crippen LogP contribution in [0, 0.1) is 0 Å². The number of carbonyl (C=O) groups excluding carboxylic acids is 1. The van der Waals surface area contributed by atoms with E-state index in [0.717, 1.165) is 0 Å². The Balaban J connectivity index is 3.44. The van der Waals surface area contributed by atoms with Gasteiger partial charge in [0.2, 0.25) is 0 Å². The Kier molecular flexibility index (Phi) is 5.97. The third kappa shape index (κ3) is 4.86. The Morgan fingerprint density at radius 1 is 1.64 bits per heavy atom. The van der Waals surface area contributed by atoms with Gasteiger partial charge in [0.05, 0.1) is 6.61 Å². The number of aliphatic hydroxyl groups is 1. The van der Waals surface area contributed by atoms with Crippen LogP contribution in [0.3, 0.4) is 0 Å². The highest BCUT2D eigenvalue weighted by Gasteiger charge is 2.04. The molecule has 64 valence electrons. The summed E-state index contributed by atoms with van der Waals surface area (Å²) in [5, 5.41) is 8.35. The average Bonchev–Trinajstić information content (AvgIpc) is 2.03. The van der Waals surface area contributed by atoms with Gasteiger partial charge in [0.1, 0.15) is 0 Å². The highest BCUT2D eigenvalue weighted by molar-refractivity contribution is 7.80. The minimum absolute atomic E-state index is 0.0284. The lowest BCUT2D eigenvalue weighted by atomic mass is 10.3. The molecule has 0 rings (SSSR count). The smallest absolute Gasteiger partial charge is 0.334 e. The molecule has 0 fully saturated rings. The first kappa shape index (κ1) is 10.5. The van der Waals surface area contributed by atoms with Gasteiger partial charge in [-0.15, -0.1) is 0 Å². The van der Waals surface area contributed by atoms with Crippen LogP contribution in [0.4, 0.5) is 0 Å². The molecular weight excluding hydrogens is 164 g/mol. The van der Waals surface area contributed by atoms with Gasteiger partial charge in [-0.3, -0.25) is 0 Å². The standard InChI is InChI=1S/C7H12O3S/c1-6(5-11)7(9)10-4-2-3-8/h8,11H,1-5H2. The van der Waals surface area contributed by atoms with E-state index in [4.69, 9.17) is 5.11 Å². The van der Waals surface area contributed by atoms with Gasteiger partial charge in [0.15, 0.2) is 0 Å². The van der Waals surface area contributed by atoms with E-state index in [-0.39, 0.29) is 13.2 Å². The van der Waals surface area contributed by atoms with Crippen LogP contribution in [0.5, 0.6) is 0 Å². The maximum Gasteiger partial charge on any atom is 0.334 e. The topological polar surface area (TPSA) is 46.5 Å². The second-order valence-corrected chi connectivity index (χ2v) is 2.29. The number of esters is 1. The van der Waals surface area contributed by atoms with Crippen molar-refractivity contribution < 1.29 is 14.6 Å². The molecule has 0 atom stereocenters. The van der Waals surface area contributed by atoms with Crippen molar-refractivity contribution in [2.24, 2.45) is 0 Å². The minimum Gasteiger partial charge on any atom is -0.462 e. The van der Waals surface area contributed by atoms with Crippen LogP contribution in [-0.4, -0.2) is 30.0 Å². The monoisotopic (exact) mass is 176 g/mol. The molecule has 0 saturated carbocycles. The predicted octanol–water partition coefficient (Wildman–Crippen LogP) is 0.398. The largest absolute Gasteiger partial charge is 0.462 e. The Bertz CT molecular complexity index is 145. The predicted molar refractivity (Wildman–Crippen MR) is 45.7 cm³/mol. The maximum absolute atomic E-state index is 10.8. The summed E-state index contributed by atoms with van der Waals surface area (Å²) >= 11 is 3.85. The Labute approximate surface area is 71.5 Å². The molecule has 0 aromatic rings. The Morgan fingerprint density at radius 2 is 2.27 bits per heavy atom. The maximum atomic E-state index is 10.8. The molecule has 0 aliphatic carbocycles. The summed E-state index contributed by atoms with van der Waals surface area (Å²) in [7, 11) is 0. The normalized spacial score (nSPS) is 9.27. The summed E-state index contributed by atoms with van der Waals surface area (Å²) in [4.78, 5) is 10.8. The first-order valence-corrected chi connectivity index (χ1v) is 3.92. The number of ether oxygens (including phenoxy) is 1. The third-order valence-corrected chi connectivity index (χ3v) is 1.40. The van der Waals surface area contributed by atoms with E-state index in [1.807, 2.05) is 0 Å². The number of hydrogen-bond donors (Lipinski definition) is 2. The molecule has 3 nitrogen and oxygen atoms in total. The van der Waals surface area contributed by atoms with E-state index in [0.29, 0.717) is 17.7 Å². The lowest BCUT2D eigenvalue weighted by Crippen LogP contribution is -2.09. The lowest BCUT2D eigenvalue weighted by molar-refractivity contribution is -0.139. The van der Waals surface area contributed by atoms with Crippen LogP contribution in [0.1, 0.15) is 6.42 Å². The van der Waals surface area contributed by atoms with Crippen LogP contribution in [0.2, 0.25) is 0 Å². The fourth-order valence-electron chi connectivity index (χ4n) is 0.396. The quantitative estimate of drug-likeness (QED) is 0.276. The van der Waals surface area contributed by atoms with E-state index >= 15 is 0 Å². The molecule has 0 aromatic heterocycles. The molecule has 0 aromatic carbocycles. The number of hydrogen-bond acceptors (Lipinski definition) is 4. The Hall–Kier alpha value is -0.480. The molecule has 0 aliphatic heterocycles. The van der Waals surface area contributed by atoms with E-state index in [1.165, 1.54) is 0 Å². The van der Waals surface area contributed by atoms with Crippen molar-refractivity contribution in [3.8, 4) is 0 Å². The van der Waals surface area contributed by atoms with Crippen LogP contribution < -0.4 is 0 Å². The third-order valence-electron chi connectivity index (χ3n) is 1.02. The Morgan fingerprint density at radius 3 is 2.73 bits per heavy atom. The van der Waals surface area contributed by atoms with Crippen molar-refractivity contribution in [3.63, 3.8) is 0 Å². The molecule has 1 N–H and O–H groups in total. The SMILES string of the molecule is C=C(CS)C(=O)OCCCO. The fourth-order valence-corrected chi connectivity index (χ4v) is 0.525. The zero-order chi connectivity index (χ0) is 8.69. The van der Waals surface area contributed by atoms with Gasteiger partial charge < -0.3 is 9.84 Å². The zero-order valence-electron chi connectivity index (χ0n) is 6.25. The number of rotatable bonds is 5. The molecule has 0 unspecified atom stereocenters. The lowest BCUT2D eigenvalue weighted by Gasteiger charge is -2.02. The van der Waals surface area contributed by atoms with E-state index < -0.39 is 5.97 Å². The first-order valence-electron chi connectivity index (χ1n) is 3.29. The van der Waals surface area contributed by atoms with Crippen molar-refractivity contribution >= 4 is 18.6 Å². The van der Waals surface area contributed by atoms with Crippen molar-refractivity contribution in [1.82, 2.24) is 0 Å². The van der Waals surface area contributed by atoms with Gasteiger partial charge in [-0.1, -0.05) is 6.58 Å². The fraction of sp³-hybridized carbons (Fsp3) is 0.571. The highest BCUT2D eigenvalue weighted by Crippen LogP contribution is 1.97. The van der Waals surface area contributed by atoms with Gasteiger partial charge in [-0.25, -0.2) is 4.79 Å². The molecule has 0 amide bonds. The van der Waals surface area contributed by atoms with Crippen molar-refractivity contribution in [3.05, 3.63) is 12.2 Å². The van der Waals surface area contributed by atoms with Crippen LogP contribution >= 0.6 is 12.6 Å². The second-order valence-electron chi connectivity index (χ2n) is 1.97. The minimum atomic E-state index is -0.437. The van der Waals surface area contributed by atoms with Gasteiger partial charge in [-0.05, 0) is 0 Å². The molecule has 4 heteroatoms. The molecule has 0 spiro atoms. The van der Waals surface area contributed by atoms with Gasteiger partial charge in [0.25, 0.3) is 0 Å². The zero-order valence-corrected chi connectivity index (χ0v) is 7.14. The summed E-state index contributed by atoms with van der Waals surface area (Å²) < 4.78 is 4.69. The summed E-state index contributed by atoms with van der Waals surface area (Å²) in [6.07, 6.45) is 0.464. The summed E-state index contributed by atoms with van der Waals surface area (Å²) in [5.41, 5.74) is 0.339. The molecule has 11 heavy (non-hydrogen) atoms. The summed E-state index contributed by atoms with van der Waals surface area (Å²) in [6, 6.07) is 0.